The van der Waals surface area contributed by atoms with Crippen molar-refractivity contribution >= 4 is 23.1 Å². The molecule has 1 aliphatic carbocycles. The van der Waals surface area contributed by atoms with Crippen LogP contribution in [0.3, 0.4) is 0 Å². The molecule has 1 N–H and O–H groups in total. The number of fused-ring (bicyclic) bond motifs is 1. The number of carboxylic acid groups (broad SMARTS) is 1. The molecule has 0 bridgehead atoms. The summed E-state index contributed by atoms with van der Waals surface area (Å²) in [5, 5.41) is 8.87. The van der Waals surface area contributed by atoms with Crippen LogP contribution < -0.4 is 0 Å². The van der Waals surface area contributed by atoms with Crippen LogP contribution in [-0.2, 0) is 0 Å². The molecule has 3 rings (SSSR count). The summed E-state index contributed by atoms with van der Waals surface area (Å²) in [4.78, 5) is 35.3. The van der Waals surface area contributed by atoms with Gasteiger partial charge in [0, 0.05) is 16.7 Å². The van der Waals surface area contributed by atoms with Gasteiger partial charge >= 0.3 is 5.97 Å². The van der Waals surface area contributed by atoms with Crippen LogP contribution >= 0.6 is 0 Å². The Balaban J connectivity index is 2.06. The molecule has 0 fully saturated rings. The van der Waals surface area contributed by atoms with Gasteiger partial charge in [-0.3, -0.25) is 9.59 Å². The third-order valence-electron chi connectivity index (χ3n) is 3.40. The zero-order chi connectivity index (χ0) is 15.0. The first-order valence-corrected chi connectivity index (χ1v) is 6.31. The van der Waals surface area contributed by atoms with E-state index < -0.39 is 5.97 Å². The molecule has 0 spiro atoms. The first kappa shape index (κ1) is 13.0. The van der Waals surface area contributed by atoms with Gasteiger partial charge in [0.25, 0.3) is 0 Å². The molecule has 0 unspecified atom stereocenters. The molecule has 0 saturated heterocycles. The zero-order valence-electron chi connectivity index (χ0n) is 10.9. The predicted molar refractivity (Wildman–Crippen MR) is 76.5 cm³/mol. The van der Waals surface area contributed by atoms with Crippen LogP contribution in [0.25, 0.3) is 5.57 Å². The molecule has 2 aromatic carbocycles. The minimum atomic E-state index is -1.04. The van der Waals surface area contributed by atoms with Crippen LogP contribution in [-0.4, -0.2) is 22.6 Å². The van der Waals surface area contributed by atoms with Crippen LogP contribution in [0.4, 0.5) is 0 Å². The standard InChI is InChI=1S/C17H10O4/c18-15-9-14(10-5-7-11(8-6-10)17(20)21)16(19)13-4-2-1-3-12(13)15/h1-9H,(H,20,21). The molecule has 0 radical (unpaired) electrons. The maximum Gasteiger partial charge on any atom is 0.335 e. The van der Waals surface area contributed by atoms with Crippen LogP contribution in [0, 0.1) is 0 Å². The van der Waals surface area contributed by atoms with E-state index in [-0.39, 0.29) is 22.7 Å². The van der Waals surface area contributed by atoms with Crippen molar-refractivity contribution in [1.29, 1.82) is 0 Å². The first-order chi connectivity index (χ1) is 10.1. The highest BCUT2D eigenvalue weighted by atomic mass is 16.4. The Morgan fingerprint density at radius 2 is 1.48 bits per heavy atom. The Labute approximate surface area is 120 Å². The van der Waals surface area contributed by atoms with Crippen molar-refractivity contribution in [3.8, 4) is 0 Å². The Bertz CT molecular complexity index is 798. The number of rotatable bonds is 2. The molecule has 21 heavy (non-hydrogen) atoms. The lowest BCUT2D eigenvalue weighted by atomic mass is 9.86. The molecule has 0 aromatic heterocycles. The van der Waals surface area contributed by atoms with E-state index in [0.717, 1.165) is 0 Å². The summed E-state index contributed by atoms with van der Waals surface area (Å²) in [6, 6.07) is 12.6. The Hall–Kier alpha value is -3.01. The molecule has 1 aliphatic rings. The van der Waals surface area contributed by atoms with Gasteiger partial charge in [-0.2, -0.15) is 0 Å². The second-order valence-corrected chi connectivity index (χ2v) is 4.68. The summed E-state index contributed by atoms with van der Waals surface area (Å²) in [6.07, 6.45) is 1.31. The van der Waals surface area contributed by atoms with Crippen molar-refractivity contribution in [2.75, 3.05) is 0 Å². The highest BCUT2D eigenvalue weighted by molar-refractivity contribution is 6.38. The minimum Gasteiger partial charge on any atom is -0.478 e. The molecule has 0 aliphatic heterocycles. The summed E-state index contributed by atoms with van der Waals surface area (Å²) in [7, 11) is 0. The third-order valence-corrected chi connectivity index (χ3v) is 3.40. The number of carbonyl (C=O) groups is 3. The molecule has 0 heterocycles. The van der Waals surface area contributed by atoms with Gasteiger partial charge in [-0.1, -0.05) is 36.4 Å². The summed E-state index contributed by atoms with van der Waals surface area (Å²) >= 11 is 0. The second-order valence-electron chi connectivity index (χ2n) is 4.68. The molecule has 0 atom stereocenters. The van der Waals surface area contributed by atoms with E-state index in [1.165, 1.54) is 30.3 Å². The summed E-state index contributed by atoms with van der Waals surface area (Å²) in [5.74, 6) is -1.48. The fourth-order valence-corrected chi connectivity index (χ4v) is 2.32. The van der Waals surface area contributed by atoms with Crippen molar-refractivity contribution in [2.24, 2.45) is 0 Å². The highest BCUT2D eigenvalue weighted by Crippen LogP contribution is 2.27. The Morgan fingerprint density at radius 1 is 0.857 bits per heavy atom. The van der Waals surface area contributed by atoms with Crippen molar-refractivity contribution in [2.45, 2.75) is 0 Å². The SMILES string of the molecule is O=C(O)c1ccc(C2=CC(=O)c3ccccc3C2=O)cc1. The molecule has 0 saturated carbocycles. The zero-order valence-corrected chi connectivity index (χ0v) is 10.9. The number of ketones is 2. The lowest BCUT2D eigenvalue weighted by molar-refractivity contribution is 0.0696. The lowest BCUT2D eigenvalue weighted by Crippen LogP contribution is -2.16. The fraction of sp³-hybridized carbons (Fsp3) is 0. The number of Topliss-reactive ketones (excluding diaryl/α,β-unsaturated/α-hetero) is 1. The minimum absolute atomic E-state index is 0.134. The Kier molecular flexibility index (Phi) is 2.99. The number of hydrogen-bond acceptors (Lipinski definition) is 3. The first-order valence-electron chi connectivity index (χ1n) is 6.31. The number of benzene rings is 2. The number of carboxylic acids is 1. The van der Waals surface area contributed by atoms with Crippen LogP contribution in [0.5, 0.6) is 0 Å². The van der Waals surface area contributed by atoms with E-state index in [4.69, 9.17) is 5.11 Å². The monoisotopic (exact) mass is 278 g/mol. The van der Waals surface area contributed by atoms with Gasteiger partial charge in [0.2, 0.25) is 0 Å². The van der Waals surface area contributed by atoms with Gasteiger partial charge in [0.1, 0.15) is 0 Å². The molecule has 102 valence electrons. The third kappa shape index (κ3) is 2.17. The van der Waals surface area contributed by atoms with E-state index in [1.807, 2.05) is 0 Å². The molecular weight excluding hydrogens is 268 g/mol. The summed E-state index contributed by atoms with van der Waals surface area (Å²) < 4.78 is 0. The Morgan fingerprint density at radius 3 is 2.10 bits per heavy atom. The van der Waals surface area contributed by atoms with Crippen molar-refractivity contribution in [3.63, 3.8) is 0 Å². The van der Waals surface area contributed by atoms with Gasteiger partial charge in [-0.05, 0) is 23.8 Å². The number of hydrogen-bond donors (Lipinski definition) is 1. The average molecular weight is 278 g/mol. The smallest absolute Gasteiger partial charge is 0.335 e. The van der Waals surface area contributed by atoms with Crippen LogP contribution in [0.2, 0.25) is 0 Å². The van der Waals surface area contributed by atoms with Crippen molar-refractivity contribution < 1.29 is 19.5 Å². The quantitative estimate of drug-likeness (QED) is 0.916. The normalized spacial score (nSPS) is 13.6. The van der Waals surface area contributed by atoms with Gasteiger partial charge < -0.3 is 5.11 Å². The number of aromatic carboxylic acids is 1. The van der Waals surface area contributed by atoms with Crippen molar-refractivity contribution in [1.82, 2.24) is 0 Å². The van der Waals surface area contributed by atoms with Crippen molar-refractivity contribution in [3.05, 3.63) is 76.9 Å². The van der Waals surface area contributed by atoms with Gasteiger partial charge in [-0.15, -0.1) is 0 Å². The number of allylic oxidation sites excluding steroid dienone is 2. The number of carbonyl (C=O) groups excluding carboxylic acids is 2. The average Bonchev–Trinajstić information content (AvgIpc) is 2.51. The van der Waals surface area contributed by atoms with E-state index in [2.05, 4.69) is 0 Å². The summed E-state index contributed by atoms with van der Waals surface area (Å²) in [5.41, 5.74) is 1.73. The fourth-order valence-electron chi connectivity index (χ4n) is 2.32. The van der Waals surface area contributed by atoms with Crippen LogP contribution in [0.15, 0.2) is 54.6 Å². The predicted octanol–water partition coefficient (Wildman–Crippen LogP) is 2.85. The maximum atomic E-state index is 12.4. The largest absolute Gasteiger partial charge is 0.478 e. The molecule has 4 heteroatoms. The molecule has 4 nitrogen and oxygen atoms in total. The van der Waals surface area contributed by atoms with E-state index in [1.54, 1.807) is 24.3 Å². The highest BCUT2D eigenvalue weighted by Gasteiger charge is 2.25. The van der Waals surface area contributed by atoms with Gasteiger partial charge in [0.15, 0.2) is 11.6 Å². The van der Waals surface area contributed by atoms with E-state index >= 15 is 0 Å². The topological polar surface area (TPSA) is 71.4 Å². The molecule has 0 amide bonds. The van der Waals surface area contributed by atoms with Crippen LogP contribution in [0.1, 0.15) is 36.6 Å². The molecule has 2 aromatic rings. The van der Waals surface area contributed by atoms with E-state index in [9.17, 15) is 14.4 Å². The van der Waals surface area contributed by atoms with Gasteiger partial charge in [-0.25, -0.2) is 4.79 Å². The maximum absolute atomic E-state index is 12.4. The van der Waals surface area contributed by atoms with Gasteiger partial charge in [0.05, 0.1) is 5.56 Å². The summed E-state index contributed by atoms with van der Waals surface area (Å²) in [6.45, 7) is 0. The lowest BCUT2D eigenvalue weighted by Gasteiger charge is -2.15. The van der Waals surface area contributed by atoms with E-state index in [0.29, 0.717) is 16.7 Å². The second kappa shape index (κ2) is 4.83. The molecular formula is C17H10O4.